The predicted octanol–water partition coefficient (Wildman–Crippen LogP) is 3.35. The zero-order valence-electron chi connectivity index (χ0n) is 12.9. The first kappa shape index (κ1) is 16.3. The van der Waals surface area contributed by atoms with Gasteiger partial charge in [-0.2, -0.15) is 0 Å². The second-order valence-corrected chi connectivity index (χ2v) is 4.90. The highest BCUT2D eigenvalue weighted by Crippen LogP contribution is 2.19. The summed E-state index contributed by atoms with van der Waals surface area (Å²) in [7, 11) is 1.57. The molecule has 0 aliphatic heterocycles. The fourth-order valence-corrected chi connectivity index (χ4v) is 2.08. The zero-order valence-corrected chi connectivity index (χ0v) is 12.9. The molecule has 0 fully saturated rings. The van der Waals surface area contributed by atoms with Gasteiger partial charge in [0.25, 0.3) is 0 Å². The number of carboxylic acid groups (broad SMARTS) is 1. The van der Waals surface area contributed by atoms with Crippen LogP contribution in [0.1, 0.15) is 21.5 Å². The molecule has 5 nitrogen and oxygen atoms in total. The number of amides is 1. The van der Waals surface area contributed by atoms with E-state index in [2.05, 4.69) is 5.32 Å². The number of carbonyl (C=O) groups is 2. The number of carboxylic acids is 1. The van der Waals surface area contributed by atoms with Crippen molar-refractivity contribution in [1.29, 1.82) is 0 Å². The quantitative estimate of drug-likeness (QED) is 0.830. The normalized spacial score (nSPS) is 10.5. The van der Waals surface area contributed by atoms with Gasteiger partial charge in [-0.15, -0.1) is 0 Å². The number of hydrogen-bond acceptors (Lipinski definition) is 3. The molecule has 118 valence electrons. The van der Waals surface area contributed by atoms with Crippen LogP contribution in [-0.4, -0.2) is 24.1 Å². The molecule has 0 aliphatic carbocycles. The van der Waals surface area contributed by atoms with Crippen molar-refractivity contribution in [2.45, 2.75) is 6.92 Å². The van der Waals surface area contributed by atoms with E-state index in [0.29, 0.717) is 17.0 Å². The van der Waals surface area contributed by atoms with E-state index in [1.165, 1.54) is 18.2 Å². The highest BCUT2D eigenvalue weighted by molar-refractivity contribution is 6.02. The van der Waals surface area contributed by atoms with Crippen molar-refractivity contribution in [2.75, 3.05) is 12.4 Å². The fraction of sp³-hybridized carbons (Fsp3) is 0.111. The molecule has 0 unspecified atom stereocenters. The second-order valence-electron chi connectivity index (χ2n) is 4.90. The van der Waals surface area contributed by atoms with Crippen molar-refractivity contribution in [3.63, 3.8) is 0 Å². The summed E-state index contributed by atoms with van der Waals surface area (Å²) < 4.78 is 5.21. The summed E-state index contributed by atoms with van der Waals surface area (Å²) in [5, 5.41) is 11.7. The van der Waals surface area contributed by atoms with Gasteiger partial charge in [0.1, 0.15) is 5.75 Å². The third-order valence-corrected chi connectivity index (χ3v) is 3.28. The minimum Gasteiger partial charge on any atom is -0.496 e. The maximum absolute atomic E-state index is 12.0. The molecule has 2 aromatic carbocycles. The molecule has 0 radical (unpaired) electrons. The lowest BCUT2D eigenvalue weighted by atomic mass is 10.1. The monoisotopic (exact) mass is 311 g/mol. The van der Waals surface area contributed by atoms with E-state index < -0.39 is 5.97 Å². The van der Waals surface area contributed by atoms with Crippen LogP contribution in [0.15, 0.2) is 48.5 Å². The van der Waals surface area contributed by atoms with Crippen molar-refractivity contribution < 1.29 is 19.4 Å². The van der Waals surface area contributed by atoms with Gasteiger partial charge >= 0.3 is 5.97 Å². The van der Waals surface area contributed by atoms with Crippen molar-refractivity contribution in [2.24, 2.45) is 0 Å². The highest BCUT2D eigenvalue weighted by Gasteiger charge is 2.07. The van der Waals surface area contributed by atoms with Crippen molar-refractivity contribution >= 4 is 23.6 Å². The summed E-state index contributed by atoms with van der Waals surface area (Å²) >= 11 is 0. The van der Waals surface area contributed by atoms with Gasteiger partial charge in [0.05, 0.1) is 12.7 Å². The number of nitrogens with one attached hydrogen (secondary N) is 1. The number of ether oxygens (including phenoxy) is 1. The molecule has 0 saturated carbocycles. The molecule has 0 saturated heterocycles. The first-order valence-electron chi connectivity index (χ1n) is 6.97. The number of benzene rings is 2. The molecular formula is C18H17NO4. The predicted molar refractivity (Wildman–Crippen MR) is 88.8 cm³/mol. The van der Waals surface area contributed by atoms with Crippen LogP contribution in [0.4, 0.5) is 5.69 Å². The van der Waals surface area contributed by atoms with E-state index in [1.54, 1.807) is 26.2 Å². The maximum atomic E-state index is 12.0. The lowest BCUT2D eigenvalue weighted by Crippen LogP contribution is -2.09. The molecule has 2 N–H and O–H groups in total. The van der Waals surface area contributed by atoms with Gasteiger partial charge < -0.3 is 15.2 Å². The largest absolute Gasteiger partial charge is 0.496 e. The van der Waals surface area contributed by atoms with Gasteiger partial charge in [0.15, 0.2) is 0 Å². The van der Waals surface area contributed by atoms with E-state index in [1.807, 2.05) is 24.3 Å². The van der Waals surface area contributed by atoms with Crippen LogP contribution in [0, 0.1) is 6.92 Å². The fourth-order valence-electron chi connectivity index (χ4n) is 2.08. The topological polar surface area (TPSA) is 75.6 Å². The Kier molecular flexibility index (Phi) is 5.15. The van der Waals surface area contributed by atoms with Crippen LogP contribution >= 0.6 is 0 Å². The molecule has 0 aliphatic rings. The number of methoxy groups -OCH3 is 1. The number of carbonyl (C=O) groups excluding carboxylic acids is 1. The van der Waals surface area contributed by atoms with Gasteiger partial charge in [0.2, 0.25) is 5.91 Å². The molecule has 23 heavy (non-hydrogen) atoms. The Balaban J connectivity index is 2.10. The molecule has 0 bridgehead atoms. The molecule has 1 amide bonds. The van der Waals surface area contributed by atoms with E-state index in [0.717, 1.165) is 5.56 Å². The average molecular weight is 311 g/mol. The molecule has 0 aromatic heterocycles. The van der Waals surface area contributed by atoms with E-state index in [-0.39, 0.29) is 11.5 Å². The van der Waals surface area contributed by atoms with E-state index in [9.17, 15) is 9.59 Å². The Morgan fingerprint density at radius 1 is 1.17 bits per heavy atom. The SMILES string of the molecule is COc1ccccc1/C=C/C(=O)Nc1ccc(C(=O)O)cc1C. The number of para-hydroxylation sites is 1. The number of rotatable bonds is 5. The molecule has 0 spiro atoms. The van der Waals surface area contributed by atoms with Gasteiger partial charge in [-0.1, -0.05) is 18.2 Å². The molecular weight excluding hydrogens is 294 g/mol. The number of hydrogen-bond donors (Lipinski definition) is 2. The lowest BCUT2D eigenvalue weighted by molar-refractivity contribution is -0.111. The minimum atomic E-state index is -0.998. The Labute approximate surface area is 134 Å². The summed E-state index contributed by atoms with van der Waals surface area (Å²) in [6.07, 6.45) is 3.07. The van der Waals surface area contributed by atoms with Crippen LogP contribution in [0.2, 0.25) is 0 Å². The van der Waals surface area contributed by atoms with Crippen LogP contribution in [-0.2, 0) is 4.79 Å². The summed E-state index contributed by atoms with van der Waals surface area (Å²) in [5.74, 6) is -0.623. The Morgan fingerprint density at radius 3 is 2.57 bits per heavy atom. The van der Waals surface area contributed by atoms with Gasteiger partial charge in [0, 0.05) is 17.3 Å². The second kappa shape index (κ2) is 7.26. The number of anilines is 1. The van der Waals surface area contributed by atoms with Crippen LogP contribution in [0.25, 0.3) is 6.08 Å². The van der Waals surface area contributed by atoms with Gasteiger partial charge in [-0.05, 0) is 42.8 Å². The molecule has 2 rings (SSSR count). The van der Waals surface area contributed by atoms with Crippen molar-refractivity contribution in [3.8, 4) is 5.75 Å². The molecule has 2 aromatic rings. The first-order valence-corrected chi connectivity index (χ1v) is 6.97. The van der Waals surface area contributed by atoms with E-state index in [4.69, 9.17) is 9.84 Å². The smallest absolute Gasteiger partial charge is 0.335 e. The van der Waals surface area contributed by atoms with Crippen molar-refractivity contribution in [1.82, 2.24) is 0 Å². The van der Waals surface area contributed by atoms with E-state index >= 15 is 0 Å². The third-order valence-electron chi connectivity index (χ3n) is 3.28. The zero-order chi connectivity index (χ0) is 16.8. The summed E-state index contributed by atoms with van der Waals surface area (Å²) in [6.45, 7) is 1.74. The molecule has 5 heteroatoms. The van der Waals surface area contributed by atoms with Crippen LogP contribution in [0.3, 0.4) is 0 Å². The van der Waals surface area contributed by atoms with Crippen LogP contribution < -0.4 is 10.1 Å². The highest BCUT2D eigenvalue weighted by atomic mass is 16.5. The van der Waals surface area contributed by atoms with Gasteiger partial charge in [-0.3, -0.25) is 4.79 Å². The Hall–Kier alpha value is -3.08. The van der Waals surface area contributed by atoms with Gasteiger partial charge in [-0.25, -0.2) is 4.79 Å². The third kappa shape index (κ3) is 4.20. The summed E-state index contributed by atoms with van der Waals surface area (Å²) in [6, 6.07) is 11.9. The standard InChI is InChI=1S/C18H17NO4/c1-12-11-14(18(21)22)7-9-15(12)19-17(20)10-8-13-5-3-4-6-16(13)23-2/h3-11H,1-2H3,(H,19,20)(H,21,22)/b10-8+. The number of aromatic carboxylic acids is 1. The first-order chi connectivity index (χ1) is 11.0. The number of aryl methyl sites for hydroxylation is 1. The average Bonchev–Trinajstić information content (AvgIpc) is 2.54. The lowest BCUT2D eigenvalue weighted by Gasteiger charge is -2.07. The Bertz CT molecular complexity index is 765. The summed E-state index contributed by atoms with van der Waals surface area (Å²) in [5.41, 5.74) is 2.24. The summed E-state index contributed by atoms with van der Waals surface area (Å²) in [4.78, 5) is 22.9. The van der Waals surface area contributed by atoms with Crippen molar-refractivity contribution in [3.05, 3.63) is 65.2 Å². The maximum Gasteiger partial charge on any atom is 0.335 e. The van der Waals surface area contributed by atoms with Crippen LogP contribution in [0.5, 0.6) is 5.75 Å². The molecule has 0 heterocycles. The Morgan fingerprint density at radius 2 is 1.91 bits per heavy atom. The minimum absolute atomic E-state index is 0.185. The molecule has 0 atom stereocenters.